The Bertz CT molecular complexity index is 627. The topological polar surface area (TPSA) is 58.6 Å². The highest BCUT2D eigenvalue weighted by atomic mass is 16.5. The molecular weight excluding hydrogens is 304 g/mol. The normalized spacial score (nSPS) is 23.8. The number of ether oxygens (including phenoxy) is 1. The number of amides is 2. The zero-order valence-corrected chi connectivity index (χ0v) is 14.7. The van der Waals surface area contributed by atoms with Crippen LogP contribution in [0.5, 0.6) is 0 Å². The molecule has 2 fully saturated rings. The van der Waals surface area contributed by atoms with E-state index in [2.05, 4.69) is 17.4 Å². The van der Waals surface area contributed by atoms with Crippen molar-refractivity contribution in [3.8, 4) is 0 Å². The van der Waals surface area contributed by atoms with E-state index in [4.69, 9.17) is 4.74 Å². The molecule has 3 rings (SSSR count). The molecule has 0 bridgehead atoms. The highest BCUT2D eigenvalue weighted by molar-refractivity contribution is 5.98. The van der Waals surface area contributed by atoms with Crippen LogP contribution >= 0.6 is 0 Å². The van der Waals surface area contributed by atoms with Crippen LogP contribution in [-0.2, 0) is 14.3 Å². The number of likely N-dealkylation sites (tertiary alicyclic amines) is 1. The summed E-state index contributed by atoms with van der Waals surface area (Å²) >= 11 is 0. The number of rotatable bonds is 4. The second kappa shape index (κ2) is 6.93. The highest BCUT2D eigenvalue weighted by Gasteiger charge is 2.36. The highest BCUT2D eigenvalue weighted by Crippen LogP contribution is 2.26. The maximum atomic E-state index is 12.6. The summed E-state index contributed by atoms with van der Waals surface area (Å²) in [4.78, 5) is 26.6. The van der Waals surface area contributed by atoms with Crippen molar-refractivity contribution in [2.24, 2.45) is 5.92 Å². The Morgan fingerprint density at radius 3 is 2.62 bits per heavy atom. The minimum atomic E-state index is -0.279. The van der Waals surface area contributed by atoms with Gasteiger partial charge < -0.3 is 15.0 Å². The lowest BCUT2D eigenvalue weighted by molar-refractivity contribution is -0.129. The summed E-state index contributed by atoms with van der Waals surface area (Å²) in [6, 6.07) is 4.12. The number of carbonyl (C=O) groups excluding carboxylic acids is 2. The van der Waals surface area contributed by atoms with Gasteiger partial charge in [0.05, 0.1) is 12.0 Å². The fourth-order valence-electron chi connectivity index (χ4n) is 3.76. The molecule has 1 aromatic rings. The van der Waals surface area contributed by atoms with Crippen LogP contribution in [0, 0.1) is 26.7 Å². The smallest absolute Gasteiger partial charge is 0.229 e. The Morgan fingerprint density at radius 1 is 1.29 bits per heavy atom. The molecule has 2 aliphatic rings. The van der Waals surface area contributed by atoms with Crippen molar-refractivity contribution in [1.82, 2.24) is 4.90 Å². The van der Waals surface area contributed by atoms with Gasteiger partial charge in [0.25, 0.3) is 0 Å². The minimum Gasteiger partial charge on any atom is -0.376 e. The molecule has 1 N–H and O–H groups in total. The number of hydrogen-bond acceptors (Lipinski definition) is 3. The SMILES string of the molecule is Cc1cc(C)c(NC(=O)C2CC(=O)N(CC3CCCO3)C2)c(C)c1. The van der Waals surface area contributed by atoms with Crippen molar-refractivity contribution in [2.75, 3.05) is 25.0 Å². The summed E-state index contributed by atoms with van der Waals surface area (Å²) in [6.45, 7) is 7.94. The van der Waals surface area contributed by atoms with E-state index in [9.17, 15) is 9.59 Å². The van der Waals surface area contributed by atoms with E-state index in [1.54, 1.807) is 4.90 Å². The van der Waals surface area contributed by atoms with Crippen LogP contribution in [0.2, 0.25) is 0 Å². The van der Waals surface area contributed by atoms with E-state index >= 15 is 0 Å². The molecule has 5 heteroatoms. The number of hydrogen-bond donors (Lipinski definition) is 1. The first kappa shape index (κ1) is 17.0. The second-order valence-corrected chi connectivity index (χ2v) is 7.10. The number of nitrogens with one attached hydrogen (secondary N) is 1. The molecule has 2 saturated heterocycles. The molecule has 1 aromatic carbocycles. The number of benzene rings is 1. The molecule has 5 nitrogen and oxygen atoms in total. The molecule has 24 heavy (non-hydrogen) atoms. The number of nitrogens with zero attached hydrogens (tertiary/aromatic N) is 1. The first-order valence-corrected chi connectivity index (χ1v) is 8.72. The third-order valence-corrected chi connectivity index (χ3v) is 4.96. The lowest BCUT2D eigenvalue weighted by Crippen LogP contribution is -2.34. The maximum absolute atomic E-state index is 12.6. The van der Waals surface area contributed by atoms with E-state index < -0.39 is 0 Å². The quantitative estimate of drug-likeness (QED) is 0.923. The maximum Gasteiger partial charge on any atom is 0.229 e. The molecular formula is C19H26N2O3. The van der Waals surface area contributed by atoms with Crippen molar-refractivity contribution >= 4 is 17.5 Å². The summed E-state index contributed by atoms with van der Waals surface area (Å²) in [6.07, 6.45) is 2.49. The van der Waals surface area contributed by atoms with Gasteiger partial charge in [0.15, 0.2) is 0 Å². The molecule has 0 saturated carbocycles. The van der Waals surface area contributed by atoms with Gasteiger partial charge in [-0.05, 0) is 44.7 Å². The number of aryl methyl sites for hydroxylation is 3. The van der Waals surface area contributed by atoms with Crippen LogP contribution in [0.25, 0.3) is 0 Å². The van der Waals surface area contributed by atoms with Crippen molar-refractivity contribution in [3.63, 3.8) is 0 Å². The minimum absolute atomic E-state index is 0.0583. The summed E-state index contributed by atoms with van der Waals surface area (Å²) in [5.74, 6) is -0.282. The van der Waals surface area contributed by atoms with Gasteiger partial charge in [-0.2, -0.15) is 0 Å². The van der Waals surface area contributed by atoms with Crippen molar-refractivity contribution in [1.29, 1.82) is 0 Å². The number of anilines is 1. The van der Waals surface area contributed by atoms with Crippen molar-refractivity contribution in [3.05, 3.63) is 28.8 Å². The average Bonchev–Trinajstić information content (AvgIpc) is 3.14. The van der Waals surface area contributed by atoms with Gasteiger partial charge in [0.2, 0.25) is 11.8 Å². The zero-order valence-electron chi connectivity index (χ0n) is 14.7. The van der Waals surface area contributed by atoms with Gasteiger partial charge in [-0.25, -0.2) is 0 Å². The molecule has 0 radical (unpaired) electrons. The van der Waals surface area contributed by atoms with Gasteiger partial charge in [0.1, 0.15) is 0 Å². The Balaban J connectivity index is 1.63. The summed E-state index contributed by atoms with van der Waals surface area (Å²) in [5, 5.41) is 3.03. The van der Waals surface area contributed by atoms with E-state index in [0.717, 1.165) is 36.3 Å². The van der Waals surface area contributed by atoms with Gasteiger partial charge in [0, 0.05) is 31.8 Å². The Morgan fingerprint density at radius 2 is 2.00 bits per heavy atom. The fourth-order valence-corrected chi connectivity index (χ4v) is 3.76. The Kier molecular flexibility index (Phi) is 4.90. The lowest BCUT2D eigenvalue weighted by Gasteiger charge is -2.20. The van der Waals surface area contributed by atoms with Crippen molar-refractivity contribution in [2.45, 2.75) is 46.1 Å². The third kappa shape index (κ3) is 3.61. The lowest BCUT2D eigenvalue weighted by atomic mass is 10.0. The molecule has 0 aromatic heterocycles. The standard InChI is InChI=1S/C19H26N2O3/c1-12-7-13(2)18(14(3)8-12)20-19(23)15-9-17(22)21(10-15)11-16-5-4-6-24-16/h7-8,15-16H,4-6,9-11H2,1-3H3,(H,20,23). The average molecular weight is 330 g/mol. The van der Waals surface area contributed by atoms with Crippen LogP contribution in [0.15, 0.2) is 12.1 Å². The van der Waals surface area contributed by atoms with Crippen LogP contribution in [-0.4, -0.2) is 42.5 Å². The Hall–Kier alpha value is -1.88. The Labute approximate surface area is 143 Å². The van der Waals surface area contributed by atoms with E-state index in [0.29, 0.717) is 19.5 Å². The molecule has 2 heterocycles. The second-order valence-electron chi connectivity index (χ2n) is 7.10. The van der Waals surface area contributed by atoms with Crippen molar-refractivity contribution < 1.29 is 14.3 Å². The van der Waals surface area contributed by atoms with Crippen LogP contribution in [0.3, 0.4) is 0 Å². The predicted molar refractivity (Wildman–Crippen MR) is 92.9 cm³/mol. The molecule has 2 amide bonds. The molecule has 2 unspecified atom stereocenters. The largest absolute Gasteiger partial charge is 0.376 e. The molecule has 2 aliphatic heterocycles. The number of carbonyl (C=O) groups is 2. The van der Waals surface area contributed by atoms with Crippen LogP contribution in [0.4, 0.5) is 5.69 Å². The third-order valence-electron chi connectivity index (χ3n) is 4.96. The van der Waals surface area contributed by atoms with E-state index in [1.807, 2.05) is 20.8 Å². The first-order valence-electron chi connectivity index (χ1n) is 8.72. The van der Waals surface area contributed by atoms with E-state index in [1.165, 1.54) is 5.56 Å². The molecule has 0 aliphatic carbocycles. The molecule has 2 atom stereocenters. The monoisotopic (exact) mass is 330 g/mol. The first-order chi connectivity index (χ1) is 11.4. The molecule has 0 spiro atoms. The summed E-state index contributed by atoms with van der Waals surface area (Å²) in [7, 11) is 0. The summed E-state index contributed by atoms with van der Waals surface area (Å²) in [5.41, 5.74) is 4.17. The van der Waals surface area contributed by atoms with Gasteiger partial charge in [-0.3, -0.25) is 9.59 Å². The van der Waals surface area contributed by atoms with Gasteiger partial charge >= 0.3 is 0 Å². The van der Waals surface area contributed by atoms with Crippen LogP contribution < -0.4 is 5.32 Å². The molecule has 130 valence electrons. The van der Waals surface area contributed by atoms with Gasteiger partial charge in [-0.15, -0.1) is 0 Å². The van der Waals surface area contributed by atoms with Gasteiger partial charge in [-0.1, -0.05) is 17.7 Å². The summed E-state index contributed by atoms with van der Waals surface area (Å²) < 4.78 is 5.60. The van der Waals surface area contributed by atoms with E-state index in [-0.39, 0.29) is 23.8 Å². The predicted octanol–water partition coefficient (Wildman–Crippen LogP) is 2.58. The zero-order chi connectivity index (χ0) is 17.3. The fraction of sp³-hybridized carbons (Fsp3) is 0.579. The van der Waals surface area contributed by atoms with Crippen LogP contribution in [0.1, 0.15) is 36.0 Å².